The standard InChI is InChI=1S/C15H30S/c1-4-6-7-8-9-10-11-12-13-15(5-2)14-16-3/h10-11,15H,4-9,12-14H2,1-3H3/b11-10+. The minimum absolute atomic E-state index is 0.930. The smallest absolute Gasteiger partial charge is 0.00419 e. The molecule has 0 bridgehead atoms. The Balaban J connectivity index is 3.31. The van der Waals surface area contributed by atoms with E-state index < -0.39 is 0 Å². The van der Waals surface area contributed by atoms with Crippen molar-refractivity contribution >= 4 is 11.8 Å². The first-order chi connectivity index (χ1) is 7.85. The largest absolute Gasteiger partial charge is 0.165 e. The van der Waals surface area contributed by atoms with E-state index in [9.17, 15) is 0 Å². The lowest BCUT2D eigenvalue weighted by atomic mass is 10.0. The van der Waals surface area contributed by atoms with E-state index in [1.807, 2.05) is 11.8 Å². The van der Waals surface area contributed by atoms with Crippen molar-refractivity contribution in [3.63, 3.8) is 0 Å². The van der Waals surface area contributed by atoms with Crippen molar-refractivity contribution in [3.8, 4) is 0 Å². The normalized spacial score (nSPS) is 13.4. The summed E-state index contributed by atoms with van der Waals surface area (Å²) in [5, 5.41) is 0. The number of rotatable bonds is 11. The SMILES string of the molecule is CCCCCC/C=C/CCC(CC)CSC. The molecule has 0 fully saturated rings. The highest BCUT2D eigenvalue weighted by Gasteiger charge is 2.02. The van der Waals surface area contributed by atoms with Crippen LogP contribution in [0.15, 0.2) is 12.2 Å². The van der Waals surface area contributed by atoms with E-state index in [1.54, 1.807) is 0 Å². The first-order valence-corrected chi connectivity index (χ1v) is 8.38. The maximum absolute atomic E-state index is 2.40. The molecule has 0 amide bonds. The molecule has 0 N–H and O–H groups in total. The average molecular weight is 242 g/mol. The van der Waals surface area contributed by atoms with Crippen LogP contribution in [0.5, 0.6) is 0 Å². The minimum atomic E-state index is 0.930. The molecule has 0 heterocycles. The highest BCUT2D eigenvalue weighted by molar-refractivity contribution is 7.98. The molecule has 0 rings (SSSR count). The molecule has 0 aliphatic carbocycles. The van der Waals surface area contributed by atoms with Crippen molar-refractivity contribution < 1.29 is 0 Å². The topological polar surface area (TPSA) is 0 Å². The fourth-order valence-electron chi connectivity index (χ4n) is 1.90. The highest BCUT2D eigenvalue weighted by Crippen LogP contribution is 2.16. The van der Waals surface area contributed by atoms with E-state index in [0.717, 1.165) is 5.92 Å². The van der Waals surface area contributed by atoms with E-state index >= 15 is 0 Å². The highest BCUT2D eigenvalue weighted by atomic mass is 32.2. The average Bonchev–Trinajstić information content (AvgIpc) is 2.31. The number of unbranched alkanes of at least 4 members (excludes halogenated alkanes) is 4. The first-order valence-electron chi connectivity index (χ1n) is 6.99. The van der Waals surface area contributed by atoms with Gasteiger partial charge in [0.25, 0.3) is 0 Å². The van der Waals surface area contributed by atoms with Gasteiger partial charge in [0.2, 0.25) is 0 Å². The summed E-state index contributed by atoms with van der Waals surface area (Å²) in [5.74, 6) is 2.26. The van der Waals surface area contributed by atoms with Crippen LogP contribution in [0.2, 0.25) is 0 Å². The van der Waals surface area contributed by atoms with Gasteiger partial charge in [-0.3, -0.25) is 0 Å². The van der Waals surface area contributed by atoms with Gasteiger partial charge in [-0.05, 0) is 43.6 Å². The predicted octanol–water partition coefficient (Wildman–Crippen LogP) is 5.68. The summed E-state index contributed by atoms with van der Waals surface area (Å²) in [6.45, 7) is 4.59. The molecule has 1 heteroatoms. The van der Waals surface area contributed by atoms with Crippen molar-refractivity contribution in [2.45, 2.75) is 65.2 Å². The third-order valence-corrected chi connectivity index (χ3v) is 3.92. The molecule has 1 unspecified atom stereocenters. The number of allylic oxidation sites excluding steroid dienone is 2. The molecule has 0 aromatic rings. The van der Waals surface area contributed by atoms with Gasteiger partial charge in [-0.2, -0.15) is 11.8 Å². The Bertz CT molecular complexity index is 152. The molecule has 0 aromatic carbocycles. The summed E-state index contributed by atoms with van der Waals surface area (Å²) in [6.07, 6.45) is 17.8. The van der Waals surface area contributed by atoms with E-state index in [0.29, 0.717) is 0 Å². The lowest BCUT2D eigenvalue weighted by molar-refractivity contribution is 0.530. The lowest BCUT2D eigenvalue weighted by Crippen LogP contribution is -2.00. The first kappa shape index (κ1) is 16.1. The lowest BCUT2D eigenvalue weighted by Gasteiger charge is -2.10. The molecule has 0 nitrogen and oxygen atoms in total. The monoisotopic (exact) mass is 242 g/mol. The molecule has 0 aromatic heterocycles. The van der Waals surface area contributed by atoms with E-state index in [1.165, 1.54) is 57.1 Å². The zero-order valence-corrected chi connectivity index (χ0v) is 12.3. The zero-order chi connectivity index (χ0) is 12.1. The fourth-order valence-corrected chi connectivity index (χ4v) is 2.77. The van der Waals surface area contributed by atoms with Crippen molar-refractivity contribution in [1.29, 1.82) is 0 Å². The van der Waals surface area contributed by atoms with Gasteiger partial charge >= 0.3 is 0 Å². The van der Waals surface area contributed by atoms with Crippen molar-refractivity contribution in [2.24, 2.45) is 5.92 Å². The summed E-state index contributed by atoms with van der Waals surface area (Å²) in [6, 6.07) is 0. The second-order valence-electron chi connectivity index (χ2n) is 4.63. The Morgan fingerprint density at radius 1 is 1.00 bits per heavy atom. The summed E-state index contributed by atoms with van der Waals surface area (Å²) < 4.78 is 0. The van der Waals surface area contributed by atoms with Gasteiger partial charge in [-0.1, -0.05) is 51.7 Å². The Morgan fingerprint density at radius 2 is 1.75 bits per heavy atom. The van der Waals surface area contributed by atoms with Crippen LogP contribution < -0.4 is 0 Å². The van der Waals surface area contributed by atoms with E-state index in [2.05, 4.69) is 32.3 Å². The summed E-state index contributed by atoms with van der Waals surface area (Å²) in [4.78, 5) is 0. The molecule has 16 heavy (non-hydrogen) atoms. The number of hydrogen-bond donors (Lipinski definition) is 0. The van der Waals surface area contributed by atoms with Gasteiger partial charge in [0.05, 0.1) is 0 Å². The third kappa shape index (κ3) is 10.6. The molecule has 0 saturated carbocycles. The predicted molar refractivity (Wildman–Crippen MR) is 79.3 cm³/mol. The van der Waals surface area contributed by atoms with Crippen LogP contribution in [0.3, 0.4) is 0 Å². The van der Waals surface area contributed by atoms with Crippen LogP contribution in [-0.2, 0) is 0 Å². The fraction of sp³-hybridized carbons (Fsp3) is 0.867. The molecule has 0 spiro atoms. The molecule has 0 saturated heterocycles. The molecule has 0 aliphatic rings. The van der Waals surface area contributed by atoms with Crippen LogP contribution in [0.25, 0.3) is 0 Å². The Hall–Kier alpha value is 0.0900. The van der Waals surface area contributed by atoms with Gasteiger partial charge in [-0.25, -0.2) is 0 Å². The molecule has 0 radical (unpaired) electrons. The Labute approximate surface area is 107 Å². The van der Waals surface area contributed by atoms with Gasteiger partial charge in [-0.15, -0.1) is 0 Å². The van der Waals surface area contributed by atoms with Crippen molar-refractivity contribution in [2.75, 3.05) is 12.0 Å². The third-order valence-electron chi connectivity index (χ3n) is 3.11. The van der Waals surface area contributed by atoms with Gasteiger partial charge < -0.3 is 0 Å². The van der Waals surface area contributed by atoms with Crippen LogP contribution in [-0.4, -0.2) is 12.0 Å². The van der Waals surface area contributed by atoms with Crippen LogP contribution in [0.1, 0.15) is 65.2 Å². The van der Waals surface area contributed by atoms with Crippen molar-refractivity contribution in [1.82, 2.24) is 0 Å². The number of hydrogen-bond acceptors (Lipinski definition) is 1. The second-order valence-corrected chi connectivity index (χ2v) is 5.54. The molecular weight excluding hydrogens is 212 g/mol. The quantitative estimate of drug-likeness (QED) is 0.332. The Morgan fingerprint density at radius 3 is 2.38 bits per heavy atom. The summed E-state index contributed by atoms with van der Waals surface area (Å²) in [5.41, 5.74) is 0. The molecule has 1 atom stereocenters. The zero-order valence-electron chi connectivity index (χ0n) is 11.5. The maximum atomic E-state index is 2.40. The van der Waals surface area contributed by atoms with Crippen molar-refractivity contribution in [3.05, 3.63) is 12.2 Å². The van der Waals surface area contributed by atoms with Gasteiger partial charge in [0.1, 0.15) is 0 Å². The van der Waals surface area contributed by atoms with E-state index in [4.69, 9.17) is 0 Å². The van der Waals surface area contributed by atoms with E-state index in [-0.39, 0.29) is 0 Å². The van der Waals surface area contributed by atoms with Crippen LogP contribution in [0.4, 0.5) is 0 Å². The molecule has 96 valence electrons. The van der Waals surface area contributed by atoms with Crippen LogP contribution in [0, 0.1) is 5.92 Å². The van der Waals surface area contributed by atoms with Gasteiger partial charge in [0, 0.05) is 0 Å². The molecular formula is C15H30S. The summed E-state index contributed by atoms with van der Waals surface area (Å²) >= 11 is 1.99. The van der Waals surface area contributed by atoms with Gasteiger partial charge in [0.15, 0.2) is 0 Å². The van der Waals surface area contributed by atoms with Crippen LogP contribution >= 0.6 is 11.8 Å². The number of thioether (sulfide) groups is 1. The second kappa shape index (κ2) is 13.2. The molecule has 0 aliphatic heterocycles. The maximum Gasteiger partial charge on any atom is -0.00419 e. The summed E-state index contributed by atoms with van der Waals surface area (Å²) in [7, 11) is 0. The minimum Gasteiger partial charge on any atom is -0.165 e. The Kier molecular flexibility index (Phi) is 13.2.